The van der Waals surface area contributed by atoms with E-state index in [1.807, 2.05) is 30.3 Å². The summed E-state index contributed by atoms with van der Waals surface area (Å²) < 4.78 is 4.94. The predicted molar refractivity (Wildman–Crippen MR) is 78.3 cm³/mol. The fraction of sp³-hybridized carbons (Fsp3) is 0.133. The van der Waals surface area contributed by atoms with E-state index in [1.165, 1.54) is 19.2 Å². The molecule has 0 saturated heterocycles. The van der Waals surface area contributed by atoms with Gasteiger partial charge in [0.1, 0.15) is 5.75 Å². The Balaban J connectivity index is 2.02. The number of nitrogens with one attached hydrogen (secondary N) is 1. The van der Waals surface area contributed by atoms with Crippen molar-refractivity contribution in [3.05, 3.63) is 69.8 Å². The molecule has 0 aliphatic rings. The molecule has 0 aromatic heterocycles. The number of nitrogens with zero attached hydrogens (tertiary/aromatic N) is 1. The first-order valence-electron chi connectivity index (χ1n) is 6.41. The van der Waals surface area contributed by atoms with Crippen molar-refractivity contribution in [1.82, 2.24) is 5.48 Å². The van der Waals surface area contributed by atoms with Crippen LogP contribution in [0.2, 0.25) is 0 Å². The van der Waals surface area contributed by atoms with Crippen molar-refractivity contribution in [1.29, 1.82) is 0 Å². The van der Waals surface area contributed by atoms with Gasteiger partial charge in [-0.15, -0.1) is 5.48 Å². The van der Waals surface area contributed by atoms with Gasteiger partial charge >= 0.3 is 5.97 Å². The molecule has 114 valence electrons. The molecule has 0 fully saturated rings. The van der Waals surface area contributed by atoms with E-state index >= 15 is 0 Å². The van der Waals surface area contributed by atoms with Crippen LogP contribution in [-0.2, 0) is 11.4 Å². The van der Waals surface area contributed by atoms with E-state index < -0.39 is 10.9 Å². The molecule has 0 heterocycles. The largest absolute Gasteiger partial charge is 0.496 e. The third kappa shape index (κ3) is 4.03. The molecule has 0 amide bonds. The minimum Gasteiger partial charge on any atom is -0.496 e. The van der Waals surface area contributed by atoms with Gasteiger partial charge < -0.3 is 9.57 Å². The Labute approximate surface area is 126 Å². The van der Waals surface area contributed by atoms with Gasteiger partial charge in [0.2, 0.25) is 0 Å². The monoisotopic (exact) mass is 302 g/mol. The summed E-state index contributed by atoms with van der Waals surface area (Å²) >= 11 is 0. The summed E-state index contributed by atoms with van der Waals surface area (Å²) in [5.74, 6) is -0.512. The average molecular weight is 302 g/mol. The number of nitro benzene ring substituents is 1. The summed E-state index contributed by atoms with van der Waals surface area (Å²) in [5, 5.41) is 10.8. The van der Waals surface area contributed by atoms with Gasteiger partial charge in [0.05, 0.1) is 30.2 Å². The van der Waals surface area contributed by atoms with Crippen molar-refractivity contribution < 1.29 is 19.3 Å². The highest BCUT2D eigenvalue weighted by molar-refractivity contribution is 5.90. The first kappa shape index (κ1) is 15.5. The molecule has 1 N–H and O–H groups in total. The number of hydrogen-bond donors (Lipinski definition) is 1. The standard InChI is InChI=1S/C15H14N2O5/c1-21-14-8-12(7-13(9-14)17(19)20)15(18)22-16-10-11-5-3-2-4-6-11/h2-9,16H,10H2,1H3. The average Bonchev–Trinajstić information content (AvgIpc) is 2.55. The lowest BCUT2D eigenvalue weighted by atomic mass is 10.2. The van der Waals surface area contributed by atoms with E-state index in [0.717, 1.165) is 11.6 Å². The molecule has 0 unspecified atom stereocenters. The van der Waals surface area contributed by atoms with E-state index in [1.54, 1.807) is 0 Å². The van der Waals surface area contributed by atoms with Gasteiger partial charge in [-0.25, -0.2) is 4.79 Å². The molecule has 0 atom stereocenters. The van der Waals surface area contributed by atoms with E-state index in [2.05, 4.69) is 5.48 Å². The van der Waals surface area contributed by atoms with Crippen LogP contribution in [0.3, 0.4) is 0 Å². The van der Waals surface area contributed by atoms with E-state index in [4.69, 9.17) is 9.57 Å². The molecule has 0 saturated carbocycles. The zero-order chi connectivity index (χ0) is 15.9. The number of non-ortho nitro benzene ring substituents is 1. The van der Waals surface area contributed by atoms with Crippen LogP contribution in [0.1, 0.15) is 15.9 Å². The molecular formula is C15H14N2O5. The van der Waals surface area contributed by atoms with E-state index in [9.17, 15) is 14.9 Å². The number of hydrogen-bond acceptors (Lipinski definition) is 6. The second kappa shape index (κ2) is 7.19. The first-order chi connectivity index (χ1) is 10.6. The van der Waals surface area contributed by atoms with Gasteiger partial charge in [0, 0.05) is 6.07 Å². The lowest BCUT2D eigenvalue weighted by Gasteiger charge is -2.07. The molecule has 0 bridgehead atoms. The van der Waals surface area contributed by atoms with Crippen LogP contribution in [0.15, 0.2) is 48.5 Å². The van der Waals surface area contributed by atoms with Crippen molar-refractivity contribution in [2.75, 3.05) is 7.11 Å². The number of carbonyl (C=O) groups is 1. The van der Waals surface area contributed by atoms with Crippen LogP contribution >= 0.6 is 0 Å². The Morgan fingerprint density at radius 2 is 1.95 bits per heavy atom. The van der Waals surface area contributed by atoms with E-state index in [-0.39, 0.29) is 17.0 Å². The number of hydroxylamine groups is 1. The van der Waals surface area contributed by atoms with Crippen LogP contribution in [0.4, 0.5) is 5.69 Å². The molecule has 0 aliphatic carbocycles. The summed E-state index contributed by atoms with van der Waals surface area (Å²) in [6, 6.07) is 13.1. The van der Waals surface area contributed by atoms with Crippen LogP contribution in [0, 0.1) is 10.1 Å². The molecular weight excluding hydrogens is 288 g/mol. The first-order valence-corrected chi connectivity index (χ1v) is 6.41. The Kier molecular flexibility index (Phi) is 5.05. The highest BCUT2D eigenvalue weighted by Crippen LogP contribution is 2.22. The molecule has 2 aromatic rings. The zero-order valence-electron chi connectivity index (χ0n) is 11.8. The molecule has 2 aromatic carbocycles. The topological polar surface area (TPSA) is 90.7 Å². The van der Waals surface area contributed by atoms with E-state index in [0.29, 0.717) is 6.54 Å². The second-order valence-electron chi connectivity index (χ2n) is 4.37. The summed E-state index contributed by atoms with van der Waals surface area (Å²) in [5.41, 5.74) is 3.26. The fourth-order valence-electron chi connectivity index (χ4n) is 1.76. The van der Waals surface area contributed by atoms with Crippen LogP contribution in [-0.4, -0.2) is 18.0 Å². The van der Waals surface area contributed by atoms with Crippen LogP contribution < -0.4 is 10.2 Å². The number of carbonyl (C=O) groups excluding carboxylic acids is 1. The van der Waals surface area contributed by atoms with Crippen molar-refractivity contribution in [3.63, 3.8) is 0 Å². The van der Waals surface area contributed by atoms with Gasteiger partial charge in [-0.05, 0) is 11.6 Å². The Hall–Kier alpha value is -2.93. The second-order valence-corrected chi connectivity index (χ2v) is 4.37. The lowest BCUT2D eigenvalue weighted by Crippen LogP contribution is -2.19. The van der Waals surface area contributed by atoms with Gasteiger partial charge in [0.25, 0.3) is 5.69 Å². The zero-order valence-corrected chi connectivity index (χ0v) is 11.8. The quantitative estimate of drug-likeness (QED) is 0.651. The smallest absolute Gasteiger partial charge is 0.357 e. The van der Waals surface area contributed by atoms with Gasteiger partial charge in [-0.3, -0.25) is 10.1 Å². The summed E-state index contributed by atoms with van der Waals surface area (Å²) in [7, 11) is 1.36. The summed E-state index contributed by atoms with van der Waals surface area (Å²) in [6.45, 7) is 0.332. The molecule has 0 radical (unpaired) electrons. The Morgan fingerprint density at radius 3 is 2.59 bits per heavy atom. The highest BCUT2D eigenvalue weighted by atomic mass is 16.7. The number of rotatable bonds is 6. The Morgan fingerprint density at radius 1 is 1.23 bits per heavy atom. The van der Waals surface area contributed by atoms with Gasteiger partial charge in [-0.2, -0.15) is 0 Å². The molecule has 7 nitrogen and oxygen atoms in total. The van der Waals surface area contributed by atoms with Crippen LogP contribution in [0.5, 0.6) is 5.75 Å². The third-order valence-corrected chi connectivity index (χ3v) is 2.86. The minimum absolute atomic E-state index is 0.0339. The summed E-state index contributed by atoms with van der Waals surface area (Å²) in [4.78, 5) is 27.0. The molecule has 22 heavy (non-hydrogen) atoms. The summed E-state index contributed by atoms with van der Waals surface area (Å²) in [6.07, 6.45) is 0. The van der Waals surface area contributed by atoms with Crippen molar-refractivity contribution in [2.24, 2.45) is 0 Å². The number of nitro groups is 1. The highest BCUT2D eigenvalue weighted by Gasteiger charge is 2.16. The van der Waals surface area contributed by atoms with Gasteiger partial charge in [0.15, 0.2) is 0 Å². The number of ether oxygens (including phenoxy) is 1. The molecule has 0 spiro atoms. The third-order valence-electron chi connectivity index (χ3n) is 2.86. The lowest BCUT2D eigenvalue weighted by molar-refractivity contribution is -0.385. The maximum atomic E-state index is 11.9. The maximum Gasteiger partial charge on any atom is 0.357 e. The minimum atomic E-state index is -0.724. The SMILES string of the molecule is COc1cc(C(=O)ONCc2ccccc2)cc([N+](=O)[O-])c1. The van der Waals surface area contributed by atoms with Crippen molar-refractivity contribution in [2.45, 2.75) is 6.54 Å². The number of methoxy groups -OCH3 is 1. The van der Waals surface area contributed by atoms with Gasteiger partial charge in [-0.1, -0.05) is 30.3 Å². The Bertz CT molecular complexity index is 673. The molecule has 2 rings (SSSR count). The predicted octanol–water partition coefficient (Wildman–Crippen LogP) is 2.47. The maximum absolute atomic E-state index is 11.9. The fourth-order valence-corrected chi connectivity index (χ4v) is 1.76. The molecule has 0 aliphatic heterocycles. The van der Waals surface area contributed by atoms with Crippen molar-refractivity contribution in [3.8, 4) is 5.75 Å². The normalized spacial score (nSPS) is 10.0. The molecule has 7 heteroatoms. The number of benzene rings is 2. The van der Waals surface area contributed by atoms with Crippen LogP contribution in [0.25, 0.3) is 0 Å². The van der Waals surface area contributed by atoms with Crippen molar-refractivity contribution >= 4 is 11.7 Å².